The van der Waals surface area contributed by atoms with Crippen LogP contribution in [0.2, 0.25) is 0 Å². The number of hydrogen-bond donors (Lipinski definition) is 1. The molecule has 3 aliphatic rings. The SMILES string of the molecule is N[N+]1(C2C=C([O-])C3=C(CCCC3)C2=O)CCCCC1. The molecule has 2 N–H and O–H groups in total. The van der Waals surface area contributed by atoms with E-state index in [4.69, 9.17) is 5.84 Å². The first-order valence-corrected chi connectivity index (χ1v) is 7.42. The number of rotatable bonds is 1. The summed E-state index contributed by atoms with van der Waals surface area (Å²) in [6, 6.07) is -0.426. The molecular formula is C15H22N2O2. The number of piperidine rings is 1. The third-order valence-electron chi connectivity index (χ3n) is 4.84. The quantitative estimate of drug-likeness (QED) is 0.564. The van der Waals surface area contributed by atoms with Crippen molar-refractivity contribution in [3.05, 3.63) is 23.0 Å². The highest BCUT2D eigenvalue weighted by Gasteiger charge is 2.42. The molecule has 4 heteroatoms. The average Bonchev–Trinajstić information content (AvgIpc) is 2.43. The monoisotopic (exact) mass is 262 g/mol. The van der Waals surface area contributed by atoms with Gasteiger partial charge in [-0.1, -0.05) is 0 Å². The molecule has 19 heavy (non-hydrogen) atoms. The van der Waals surface area contributed by atoms with Gasteiger partial charge in [-0.15, -0.1) is 5.76 Å². The van der Waals surface area contributed by atoms with Crippen molar-refractivity contribution < 1.29 is 14.5 Å². The molecule has 0 saturated carbocycles. The number of carbonyl (C=O) groups is 1. The molecule has 0 amide bonds. The van der Waals surface area contributed by atoms with Crippen LogP contribution in [0.3, 0.4) is 0 Å². The zero-order valence-electron chi connectivity index (χ0n) is 11.4. The number of nitrogens with zero attached hydrogens (tertiary/aromatic N) is 1. The van der Waals surface area contributed by atoms with Gasteiger partial charge in [0.25, 0.3) is 0 Å². The number of Topliss-reactive ketones (excluding diaryl/α,β-unsaturated/α-hetero) is 1. The Morgan fingerprint density at radius 3 is 2.37 bits per heavy atom. The van der Waals surface area contributed by atoms with Gasteiger partial charge in [-0.05, 0) is 56.6 Å². The lowest BCUT2D eigenvalue weighted by atomic mass is 9.81. The molecule has 104 valence electrons. The van der Waals surface area contributed by atoms with Crippen molar-refractivity contribution in [1.29, 1.82) is 0 Å². The summed E-state index contributed by atoms with van der Waals surface area (Å²) in [4.78, 5) is 12.7. The molecule has 1 atom stereocenters. The fourth-order valence-corrected chi connectivity index (χ4v) is 3.71. The van der Waals surface area contributed by atoms with Crippen molar-refractivity contribution in [2.75, 3.05) is 13.1 Å². The summed E-state index contributed by atoms with van der Waals surface area (Å²) in [5.41, 5.74) is 1.56. The van der Waals surface area contributed by atoms with Crippen LogP contribution < -0.4 is 10.9 Å². The van der Waals surface area contributed by atoms with Gasteiger partial charge in [0.05, 0.1) is 13.1 Å². The lowest BCUT2D eigenvalue weighted by Gasteiger charge is -2.43. The molecule has 1 heterocycles. The van der Waals surface area contributed by atoms with Crippen molar-refractivity contribution in [3.63, 3.8) is 0 Å². The highest BCUT2D eigenvalue weighted by Crippen LogP contribution is 2.35. The van der Waals surface area contributed by atoms with Gasteiger partial charge in [-0.3, -0.25) is 4.79 Å². The second kappa shape index (κ2) is 4.76. The Kier molecular flexibility index (Phi) is 3.23. The Hall–Kier alpha value is -1.13. The molecule has 2 aliphatic carbocycles. The Balaban J connectivity index is 1.93. The lowest BCUT2D eigenvalue weighted by molar-refractivity contribution is -0.952. The molecule has 1 saturated heterocycles. The number of ketones is 1. The van der Waals surface area contributed by atoms with Crippen LogP contribution in [0.4, 0.5) is 0 Å². The van der Waals surface area contributed by atoms with Crippen LogP contribution in [0, 0.1) is 0 Å². The number of carbonyl (C=O) groups excluding carboxylic acids is 1. The molecule has 1 unspecified atom stereocenters. The highest BCUT2D eigenvalue weighted by atomic mass is 16.3. The maximum Gasteiger partial charge on any atom is 0.222 e. The number of hydrogen-bond acceptors (Lipinski definition) is 3. The lowest BCUT2D eigenvalue weighted by Crippen LogP contribution is -2.66. The van der Waals surface area contributed by atoms with E-state index in [1.807, 2.05) is 0 Å². The van der Waals surface area contributed by atoms with Crippen molar-refractivity contribution in [1.82, 2.24) is 0 Å². The van der Waals surface area contributed by atoms with Crippen molar-refractivity contribution in [3.8, 4) is 0 Å². The van der Waals surface area contributed by atoms with E-state index >= 15 is 0 Å². The smallest absolute Gasteiger partial charge is 0.222 e. The maximum absolute atomic E-state index is 12.7. The summed E-state index contributed by atoms with van der Waals surface area (Å²) in [6.45, 7) is 1.62. The molecule has 0 spiro atoms. The summed E-state index contributed by atoms with van der Waals surface area (Å²) in [6.07, 6.45) is 8.48. The summed E-state index contributed by atoms with van der Waals surface area (Å²) < 4.78 is 0.251. The van der Waals surface area contributed by atoms with Gasteiger partial charge in [0, 0.05) is 5.57 Å². The van der Waals surface area contributed by atoms with Crippen LogP contribution in [0.15, 0.2) is 23.0 Å². The molecule has 0 bridgehead atoms. The predicted molar refractivity (Wildman–Crippen MR) is 70.4 cm³/mol. The number of allylic oxidation sites excluding steroid dienone is 1. The second-order valence-corrected chi connectivity index (χ2v) is 6.12. The predicted octanol–water partition coefficient (Wildman–Crippen LogP) is 0.927. The fraction of sp³-hybridized carbons (Fsp3) is 0.667. The molecule has 3 rings (SSSR count). The van der Waals surface area contributed by atoms with E-state index in [0.29, 0.717) is 0 Å². The largest absolute Gasteiger partial charge is 0.872 e. The fourth-order valence-electron chi connectivity index (χ4n) is 3.71. The summed E-state index contributed by atoms with van der Waals surface area (Å²) >= 11 is 0. The van der Waals surface area contributed by atoms with Gasteiger partial charge >= 0.3 is 0 Å². The normalized spacial score (nSPS) is 30.9. The van der Waals surface area contributed by atoms with Crippen LogP contribution in [-0.4, -0.2) is 29.5 Å². The highest BCUT2D eigenvalue weighted by molar-refractivity contribution is 6.02. The Morgan fingerprint density at radius 2 is 1.68 bits per heavy atom. The van der Waals surface area contributed by atoms with Gasteiger partial charge < -0.3 is 5.11 Å². The number of likely N-dealkylation sites (tertiary alicyclic amines) is 1. The topological polar surface area (TPSA) is 66.2 Å². The van der Waals surface area contributed by atoms with Crippen molar-refractivity contribution >= 4 is 5.78 Å². The summed E-state index contributed by atoms with van der Waals surface area (Å²) in [5.74, 6) is 6.61. The van der Waals surface area contributed by atoms with E-state index in [0.717, 1.165) is 62.8 Å². The first kappa shape index (κ1) is 12.9. The van der Waals surface area contributed by atoms with Crippen LogP contribution in [-0.2, 0) is 4.79 Å². The van der Waals surface area contributed by atoms with E-state index in [2.05, 4.69) is 0 Å². The van der Waals surface area contributed by atoms with Crippen molar-refractivity contribution in [2.45, 2.75) is 51.0 Å². The van der Waals surface area contributed by atoms with Gasteiger partial charge in [0.1, 0.15) is 0 Å². The van der Waals surface area contributed by atoms with E-state index in [9.17, 15) is 9.90 Å². The second-order valence-electron chi connectivity index (χ2n) is 6.12. The molecule has 0 aromatic rings. The van der Waals surface area contributed by atoms with Crippen LogP contribution in [0.5, 0.6) is 0 Å². The molecule has 1 fully saturated rings. The maximum atomic E-state index is 12.7. The molecule has 0 radical (unpaired) electrons. The van der Waals surface area contributed by atoms with E-state index in [-0.39, 0.29) is 16.1 Å². The van der Waals surface area contributed by atoms with Crippen LogP contribution in [0.25, 0.3) is 0 Å². The van der Waals surface area contributed by atoms with Gasteiger partial charge in [-0.25, -0.2) is 4.59 Å². The molecule has 0 aromatic carbocycles. The van der Waals surface area contributed by atoms with Crippen LogP contribution >= 0.6 is 0 Å². The summed E-state index contributed by atoms with van der Waals surface area (Å²) in [5, 5.41) is 12.2. The molecule has 0 aromatic heterocycles. The molecule has 1 aliphatic heterocycles. The Morgan fingerprint density at radius 1 is 1.05 bits per heavy atom. The third kappa shape index (κ3) is 2.13. The van der Waals surface area contributed by atoms with Crippen LogP contribution in [0.1, 0.15) is 44.9 Å². The van der Waals surface area contributed by atoms with E-state index in [1.54, 1.807) is 6.08 Å². The molecule has 4 nitrogen and oxygen atoms in total. The Labute approximate surface area is 114 Å². The standard InChI is InChI=1S/C15H22N2O2/c16-17(8-4-1-5-9-17)13-10-14(18)11-6-2-3-7-12(11)15(13)19/h10,13H,1-9,16H2. The first-order chi connectivity index (χ1) is 9.12. The van der Waals surface area contributed by atoms with E-state index < -0.39 is 6.04 Å². The van der Waals surface area contributed by atoms with Gasteiger partial charge in [-0.2, -0.15) is 5.84 Å². The minimum Gasteiger partial charge on any atom is -0.872 e. The third-order valence-corrected chi connectivity index (χ3v) is 4.84. The minimum absolute atomic E-state index is 0.0628. The molecular weight excluding hydrogens is 240 g/mol. The number of nitrogens with two attached hydrogens (primary N) is 1. The van der Waals surface area contributed by atoms with Gasteiger partial charge in [0.2, 0.25) is 5.78 Å². The Bertz CT molecular complexity index is 459. The zero-order valence-corrected chi connectivity index (χ0v) is 11.4. The van der Waals surface area contributed by atoms with Gasteiger partial charge in [0.15, 0.2) is 6.04 Å². The number of quaternary nitrogens is 1. The summed E-state index contributed by atoms with van der Waals surface area (Å²) in [7, 11) is 0. The minimum atomic E-state index is -0.426. The zero-order chi connectivity index (χ0) is 13.5. The van der Waals surface area contributed by atoms with Crippen molar-refractivity contribution in [2.24, 2.45) is 5.84 Å². The first-order valence-electron chi connectivity index (χ1n) is 7.42. The van der Waals surface area contributed by atoms with E-state index in [1.165, 1.54) is 6.42 Å². The average molecular weight is 262 g/mol.